The molecule has 1 amide bonds. The highest BCUT2D eigenvalue weighted by Gasteiger charge is 2.27. The molecule has 1 aliphatic heterocycles. The van der Waals surface area contributed by atoms with Gasteiger partial charge in [0.1, 0.15) is 17.6 Å². The Morgan fingerprint density at radius 1 is 1.14 bits per heavy atom. The van der Waals surface area contributed by atoms with Gasteiger partial charge < -0.3 is 19.5 Å². The first-order valence-electron chi connectivity index (χ1n) is 9.34. The number of fused-ring (bicyclic) bond motifs is 1. The van der Waals surface area contributed by atoms with Crippen molar-refractivity contribution in [2.24, 2.45) is 0 Å². The van der Waals surface area contributed by atoms with Crippen LogP contribution in [0.4, 0.5) is 0 Å². The molecule has 0 bridgehead atoms. The molecule has 1 heterocycles. The maximum Gasteiger partial charge on any atom is 0.257 e. The smallest absolute Gasteiger partial charge is 0.257 e. The van der Waals surface area contributed by atoms with E-state index in [0.717, 1.165) is 22.1 Å². The summed E-state index contributed by atoms with van der Waals surface area (Å²) in [7, 11) is 1.66. The lowest BCUT2D eigenvalue weighted by atomic mass is 10.0. The van der Waals surface area contributed by atoms with Crippen molar-refractivity contribution in [2.75, 3.05) is 26.8 Å². The lowest BCUT2D eigenvalue weighted by Crippen LogP contribution is -2.42. The van der Waals surface area contributed by atoms with Crippen LogP contribution in [0, 0.1) is 6.92 Å². The Balaban J connectivity index is 1.57. The number of hydrogen-bond donors (Lipinski definition) is 1. The Morgan fingerprint density at radius 2 is 1.93 bits per heavy atom. The van der Waals surface area contributed by atoms with E-state index >= 15 is 0 Å². The molecule has 0 radical (unpaired) electrons. The fourth-order valence-electron chi connectivity index (χ4n) is 3.61. The summed E-state index contributed by atoms with van der Waals surface area (Å²) in [5, 5.41) is 12.4. The van der Waals surface area contributed by atoms with Gasteiger partial charge in [-0.2, -0.15) is 0 Å². The largest absolute Gasteiger partial charge is 0.507 e. The number of carbonyl (C=O) groups is 1. The van der Waals surface area contributed by atoms with Crippen molar-refractivity contribution in [3.8, 4) is 11.5 Å². The number of aromatic hydroxyl groups is 1. The van der Waals surface area contributed by atoms with Crippen molar-refractivity contribution in [1.29, 1.82) is 0 Å². The van der Waals surface area contributed by atoms with Crippen molar-refractivity contribution in [3.05, 3.63) is 71.3 Å². The van der Waals surface area contributed by atoms with Gasteiger partial charge in [0.15, 0.2) is 0 Å². The number of nitrogens with zero attached hydrogens (tertiary/aromatic N) is 1. The number of methoxy groups -OCH3 is 1. The zero-order chi connectivity index (χ0) is 19.7. The van der Waals surface area contributed by atoms with Crippen LogP contribution in [0.25, 0.3) is 10.8 Å². The van der Waals surface area contributed by atoms with Gasteiger partial charge in [-0.25, -0.2) is 0 Å². The van der Waals surface area contributed by atoms with Gasteiger partial charge in [0, 0.05) is 6.54 Å². The predicted molar refractivity (Wildman–Crippen MR) is 108 cm³/mol. The summed E-state index contributed by atoms with van der Waals surface area (Å²) in [6.45, 7) is 3.21. The predicted octanol–water partition coefficient (Wildman–Crippen LogP) is 4.08. The first-order chi connectivity index (χ1) is 13.6. The van der Waals surface area contributed by atoms with Crippen LogP contribution in [0.2, 0.25) is 0 Å². The number of hydrogen-bond acceptors (Lipinski definition) is 4. The second-order valence-electron chi connectivity index (χ2n) is 7.05. The quantitative estimate of drug-likeness (QED) is 0.747. The first-order valence-corrected chi connectivity index (χ1v) is 9.34. The number of carbonyl (C=O) groups excluding carboxylic acids is 1. The molecule has 3 aromatic carbocycles. The van der Waals surface area contributed by atoms with Gasteiger partial charge in [0.25, 0.3) is 5.91 Å². The highest BCUT2D eigenvalue weighted by atomic mass is 16.5. The number of morpholine rings is 1. The van der Waals surface area contributed by atoms with Gasteiger partial charge >= 0.3 is 0 Å². The molecular weight excluding hydrogens is 354 g/mol. The van der Waals surface area contributed by atoms with Crippen LogP contribution < -0.4 is 4.74 Å². The molecule has 1 aliphatic rings. The van der Waals surface area contributed by atoms with Gasteiger partial charge in [0.05, 0.1) is 25.8 Å². The summed E-state index contributed by atoms with van der Waals surface area (Å²) >= 11 is 0. The van der Waals surface area contributed by atoms with E-state index in [1.807, 2.05) is 30.3 Å². The van der Waals surface area contributed by atoms with Crippen LogP contribution in [0.15, 0.2) is 54.6 Å². The summed E-state index contributed by atoms with van der Waals surface area (Å²) in [4.78, 5) is 14.7. The number of aryl methyl sites for hydroxylation is 1. The lowest BCUT2D eigenvalue weighted by molar-refractivity contribution is -0.0228. The Labute approximate surface area is 164 Å². The van der Waals surface area contributed by atoms with Crippen LogP contribution in [0.5, 0.6) is 11.5 Å². The van der Waals surface area contributed by atoms with E-state index < -0.39 is 0 Å². The second-order valence-corrected chi connectivity index (χ2v) is 7.05. The fraction of sp³-hybridized carbons (Fsp3) is 0.261. The number of rotatable bonds is 3. The molecule has 144 valence electrons. The number of benzene rings is 3. The van der Waals surface area contributed by atoms with E-state index in [2.05, 4.69) is 6.07 Å². The molecule has 1 unspecified atom stereocenters. The Bertz CT molecular complexity index is 1030. The van der Waals surface area contributed by atoms with Crippen molar-refractivity contribution >= 4 is 16.7 Å². The Hall–Kier alpha value is -3.05. The summed E-state index contributed by atoms with van der Waals surface area (Å²) in [6, 6.07) is 17.4. The zero-order valence-corrected chi connectivity index (χ0v) is 16.0. The van der Waals surface area contributed by atoms with Crippen LogP contribution in [-0.2, 0) is 4.74 Å². The molecule has 0 spiro atoms. The molecule has 0 aliphatic carbocycles. The molecule has 1 fully saturated rings. The SMILES string of the molecule is COc1ccc2cc(C3CN(C(=O)c4cccc(C)c4O)CCO3)ccc2c1. The average Bonchev–Trinajstić information content (AvgIpc) is 2.74. The van der Waals surface area contributed by atoms with Gasteiger partial charge in [-0.05, 0) is 53.1 Å². The van der Waals surface area contributed by atoms with E-state index in [9.17, 15) is 9.90 Å². The van der Waals surface area contributed by atoms with E-state index in [1.54, 1.807) is 37.1 Å². The van der Waals surface area contributed by atoms with Crippen molar-refractivity contribution in [1.82, 2.24) is 4.90 Å². The number of para-hydroxylation sites is 1. The fourth-order valence-corrected chi connectivity index (χ4v) is 3.61. The minimum absolute atomic E-state index is 0.0511. The molecule has 1 N–H and O–H groups in total. The Morgan fingerprint density at radius 3 is 2.75 bits per heavy atom. The number of phenols is 1. The van der Waals surface area contributed by atoms with Gasteiger partial charge in [-0.1, -0.05) is 30.3 Å². The minimum atomic E-state index is -0.198. The van der Waals surface area contributed by atoms with Crippen molar-refractivity contribution < 1.29 is 19.4 Å². The van der Waals surface area contributed by atoms with Crippen LogP contribution in [0.3, 0.4) is 0 Å². The summed E-state index contributed by atoms with van der Waals surface area (Å²) in [5.74, 6) is 0.708. The molecule has 1 saturated heterocycles. The van der Waals surface area contributed by atoms with Crippen LogP contribution >= 0.6 is 0 Å². The second kappa shape index (κ2) is 7.52. The summed E-state index contributed by atoms with van der Waals surface area (Å²) in [5.41, 5.74) is 2.07. The summed E-state index contributed by atoms with van der Waals surface area (Å²) in [6.07, 6.45) is -0.198. The third kappa shape index (κ3) is 3.41. The van der Waals surface area contributed by atoms with Crippen LogP contribution in [0.1, 0.15) is 27.6 Å². The molecule has 28 heavy (non-hydrogen) atoms. The monoisotopic (exact) mass is 377 g/mol. The lowest BCUT2D eigenvalue weighted by Gasteiger charge is -2.33. The normalized spacial score (nSPS) is 16.9. The standard InChI is InChI=1S/C23H23NO4/c1-15-4-3-5-20(22(15)25)23(26)24-10-11-28-21(14-24)18-7-6-17-13-19(27-2)9-8-16(17)12-18/h3-9,12-13,21,25H,10-11,14H2,1-2H3. The molecule has 4 rings (SSSR count). The van der Waals surface area contributed by atoms with Crippen molar-refractivity contribution in [2.45, 2.75) is 13.0 Å². The molecule has 0 aromatic heterocycles. The first kappa shape index (κ1) is 18.3. The number of ether oxygens (including phenoxy) is 2. The van der Waals surface area contributed by atoms with Gasteiger partial charge in [-0.3, -0.25) is 4.79 Å². The van der Waals surface area contributed by atoms with E-state index in [-0.39, 0.29) is 17.8 Å². The third-order valence-electron chi connectivity index (χ3n) is 5.27. The highest BCUT2D eigenvalue weighted by Crippen LogP contribution is 2.29. The molecule has 1 atom stereocenters. The molecular formula is C23H23NO4. The van der Waals surface area contributed by atoms with Gasteiger partial charge in [-0.15, -0.1) is 0 Å². The topological polar surface area (TPSA) is 59.0 Å². The average molecular weight is 377 g/mol. The molecule has 5 nitrogen and oxygen atoms in total. The highest BCUT2D eigenvalue weighted by molar-refractivity contribution is 5.97. The summed E-state index contributed by atoms with van der Waals surface area (Å²) < 4.78 is 11.2. The maximum atomic E-state index is 12.9. The van der Waals surface area contributed by atoms with E-state index in [4.69, 9.17) is 9.47 Å². The molecule has 3 aromatic rings. The third-order valence-corrected chi connectivity index (χ3v) is 5.27. The number of amides is 1. The van der Waals surface area contributed by atoms with Crippen LogP contribution in [-0.4, -0.2) is 42.7 Å². The molecule has 5 heteroatoms. The molecule has 0 saturated carbocycles. The van der Waals surface area contributed by atoms with Gasteiger partial charge in [0.2, 0.25) is 0 Å². The van der Waals surface area contributed by atoms with E-state index in [0.29, 0.717) is 30.8 Å². The number of phenolic OH excluding ortho intramolecular Hbond substituents is 1. The minimum Gasteiger partial charge on any atom is -0.507 e. The van der Waals surface area contributed by atoms with E-state index in [1.165, 1.54) is 0 Å². The Kier molecular flexibility index (Phi) is 4.92. The van der Waals surface area contributed by atoms with Crippen molar-refractivity contribution in [3.63, 3.8) is 0 Å². The maximum absolute atomic E-state index is 12.9. The zero-order valence-electron chi connectivity index (χ0n) is 16.0.